The van der Waals surface area contributed by atoms with Gasteiger partial charge in [-0.15, -0.1) is 0 Å². The Morgan fingerprint density at radius 1 is 1.67 bits per heavy atom. The highest BCUT2D eigenvalue weighted by molar-refractivity contribution is 5.80. The van der Waals surface area contributed by atoms with Crippen LogP contribution in [0.25, 0.3) is 0 Å². The van der Waals surface area contributed by atoms with Crippen molar-refractivity contribution >= 4 is 6.21 Å². The third-order valence-corrected chi connectivity index (χ3v) is 1.29. The van der Waals surface area contributed by atoms with Gasteiger partial charge >= 0.3 is 0 Å². The van der Waals surface area contributed by atoms with Gasteiger partial charge in [-0.25, -0.2) is 0 Å². The minimum Gasteiger partial charge on any atom is -0.411 e. The summed E-state index contributed by atoms with van der Waals surface area (Å²) in [4.78, 5) is 0. The molecule has 0 heterocycles. The zero-order chi connectivity index (χ0) is 6.69. The summed E-state index contributed by atoms with van der Waals surface area (Å²) in [5, 5.41) is 11.0. The number of nitrogens with zero attached hydrogens (tertiary/aromatic N) is 1. The fourth-order valence-electron chi connectivity index (χ4n) is 0.852. The molecule has 0 aromatic heterocycles. The molecule has 0 radical (unpaired) electrons. The van der Waals surface area contributed by atoms with Gasteiger partial charge in [0.2, 0.25) is 0 Å². The van der Waals surface area contributed by atoms with Crippen LogP contribution in [0.2, 0.25) is 0 Å². The van der Waals surface area contributed by atoms with Gasteiger partial charge < -0.3 is 5.21 Å². The van der Waals surface area contributed by atoms with E-state index in [2.05, 4.69) is 12.1 Å². The van der Waals surface area contributed by atoms with Gasteiger partial charge in [-0.05, 0) is 18.9 Å². The second-order valence-electron chi connectivity index (χ2n) is 2.18. The Balaban J connectivity index is 2.54. The van der Waals surface area contributed by atoms with Crippen LogP contribution in [0.5, 0.6) is 0 Å². The molecule has 0 bridgehead atoms. The van der Waals surface area contributed by atoms with Gasteiger partial charge in [-0.1, -0.05) is 22.9 Å². The van der Waals surface area contributed by atoms with Crippen LogP contribution in [-0.2, 0) is 0 Å². The van der Waals surface area contributed by atoms with Gasteiger partial charge in [0.15, 0.2) is 0 Å². The maximum atomic E-state index is 8.12. The van der Waals surface area contributed by atoms with E-state index in [9.17, 15) is 0 Å². The molecule has 1 aliphatic rings. The van der Waals surface area contributed by atoms with Gasteiger partial charge in [0, 0.05) is 0 Å². The SMILES string of the molecule is CC1=CC=C(/C=N\O)C1. The van der Waals surface area contributed by atoms with Crippen molar-refractivity contribution in [1.82, 2.24) is 0 Å². The van der Waals surface area contributed by atoms with E-state index in [1.165, 1.54) is 11.8 Å². The van der Waals surface area contributed by atoms with Gasteiger partial charge in [0.1, 0.15) is 0 Å². The minimum absolute atomic E-state index is 0.921. The van der Waals surface area contributed by atoms with Crippen LogP contribution in [0.15, 0.2) is 28.5 Å². The highest BCUT2D eigenvalue weighted by Crippen LogP contribution is 2.15. The molecule has 2 nitrogen and oxygen atoms in total. The predicted molar refractivity (Wildman–Crippen MR) is 36.7 cm³/mol. The van der Waals surface area contributed by atoms with Crippen molar-refractivity contribution in [3.8, 4) is 0 Å². The van der Waals surface area contributed by atoms with E-state index < -0.39 is 0 Å². The van der Waals surface area contributed by atoms with Crippen molar-refractivity contribution in [3.05, 3.63) is 23.3 Å². The van der Waals surface area contributed by atoms with Crippen LogP contribution < -0.4 is 0 Å². The fraction of sp³-hybridized carbons (Fsp3) is 0.286. The number of hydrogen-bond donors (Lipinski definition) is 1. The van der Waals surface area contributed by atoms with Crippen LogP contribution in [0.3, 0.4) is 0 Å². The Bertz CT molecular complexity index is 189. The average Bonchev–Trinajstić information content (AvgIpc) is 2.17. The molecule has 2 heteroatoms. The maximum Gasteiger partial charge on any atom is 0.0696 e. The largest absolute Gasteiger partial charge is 0.411 e. The molecule has 0 fully saturated rings. The predicted octanol–water partition coefficient (Wildman–Crippen LogP) is 1.72. The smallest absolute Gasteiger partial charge is 0.0696 e. The van der Waals surface area contributed by atoms with E-state index in [1.54, 1.807) is 0 Å². The van der Waals surface area contributed by atoms with E-state index in [-0.39, 0.29) is 0 Å². The van der Waals surface area contributed by atoms with Gasteiger partial charge in [0.25, 0.3) is 0 Å². The molecule has 0 aromatic carbocycles. The third-order valence-electron chi connectivity index (χ3n) is 1.29. The molecule has 9 heavy (non-hydrogen) atoms. The lowest BCUT2D eigenvalue weighted by Gasteiger charge is -1.89. The number of allylic oxidation sites excluding steroid dienone is 4. The van der Waals surface area contributed by atoms with Crippen LogP contribution >= 0.6 is 0 Å². The Hall–Kier alpha value is -1.05. The Morgan fingerprint density at radius 2 is 2.44 bits per heavy atom. The molecule has 0 unspecified atom stereocenters. The van der Waals surface area contributed by atoms with Crippen molar-refractivity contribution < 1.29 is 5.21 Å². The highest BCUT2D eigenvalue weighted by atomic mass is 16.4. The summed E-state index contributed by atoms with van der Waals surface area (Å²) in [6.45, 7) is 2.05. The van der Waals surface area contributed by atoms with Crippen LogP contribution in [0.4, 0.5) is 0 Å². The van der Waals surface area contributed by atoms with Crippen molar-refractivity contribution in [2.75, 3.05) is 0 Å². The molecule has 48 valence electrons. The molecule has 0 aromatic rings. The first-order valence-corrected chi connectivity index (χ1v) is 2.86. The lowest BCUT2D eigenvalue weighted by molar-refractivity contribution is 0.321. The average molecular weight is 123 g/mol. The summed E-state index contributed by atoms with van der Waals surface area (Å²) >= 11 is 0. The Labute approximate surface area is 54.2 Å². The van der Waals surface area contributed by atoms with Crippen LogP contribution in [-0.4, -0.2) is 11.4 Å². The molecule has 0 aliphatic heterocycles. The van der Waals surface area contributed by atoms with Crippen molar-refractivity contribution in [3.63, 3.8) is 0 Å². The van der Waals surface area contributed by atoms with E-state index in [0.29, 0.717) is 0 Å². The van der Waals surface area contributed by atoms with Crippen molar-refractivity contribution in [1.29, 1.82) is 0 Å². The summed E-state index contributed by atoms with van der Waals surface area (Å²) in [6.07, 6.45) is 6.36. The topological polar surface area (TPSA) is 32.6 Å². The lowest BCUT2D eigenvalue weighted by atomic mass is 10.2. The summed E-state index contributed by atoms with van der Waals surface area (Å²) in [7, 11) is 0. The lowest BCUT2D eigenvalue weighted by Crippen LogP contribution is -1.79. The van der Waals surface area contributed by atoms with Crippen LogP contribution in [0, 0.1) is 0 Å². The van der Waals surface area contributed by atoms with E-state index in [0.717, 1.165) is 12.0 Å². The van der Waals surface area contributed by atoms with Gasteiger partial charge in [-0.3, -0.25) is 0 Å². The first-order valence-electron chi connectivity index (χ1n) is 2.86. The Kier molecular flexibility index (Phi) is 1.68. The third kappa shape index (κ3) is 1.42. The van der Waals surface area contributed by atoms with Gasteiger partial charge in [0.05, 0.1) is 6.21 Å². The molecule has 1 rings (SSSR count). The summed E-state index contributed by atoms with van der Waals surface area (Å²) in [5.41, 5.74) is 2.37. The number of hydrogen-bond acceptors (Lipinski definition) is 2. The maximum absolute atomic E-state index is 8.12. The molecule has 1 aliphatic carbocycles. The van der Waals surface area contributed by atoms with E-state index in [1.807, 2.05) is 12.2 Å². The zero-order valence-electron chi connectivity index (χ0n) is 5.33. The minimum atomic E-state index is 0.921. The van der Waals surface area contributed by atoms with E-state index >= 15 is 0 Å². The van der Waals surface area contributed by atoms with Crippen molar-refractivity contribution in [2.24, 2.45) is 5.16 Å². The molecular formula is C7H9NO. The summed E-state index contributed by atoms with van der Waals surface area (Å²) < 4.78 is 0. The Morgan fingerprint density at radius 3 is 2.89 bits per heavy atom. The summed E-state index contributed by atoms with van der Waals surface area (Å²) in [5.74, 6) is 0. The molecule has 0 atom stereocenters. The zero-order valence-corrected chi connectivity index (χ0v) is 5.33. The van der Waals surface area contributed by atoms with Gasteiger partial charge in [-0.2, -0.15) is 0 Å². The molecule has 1 N–H and O–H groups in total. The highest BCUT2D eigenvalue weighted by Gasteiger charge is 2.00. The first-order chi connectivity index (χ1) is 4.33. The molecule has 0 saturated carbocycles. The molecule has 0 saturated heterocycles. The fourth-order valence-corrected chi connectivity index (χ4v) is 0.852. The summed E-state index contributed by atoms with van der Waals surface area (Å²) in [6, 6.07) is 0. The second-order valence-corrected chi connectivity index (χ2v) is 2.18. The monoisotopic (exact) mass is 123 g/mol. The number of oxime groups is 1. The molecule has 0 amide bonds. The van der Waals surface area contributed by atoms with E-state index in [4.69, 9.17) is 5.21 Å². The standard InChI is InChI=1S/C7H9NO/c1-6-2-3-7(4-6)5-8-9/h2-3,5,9H,4H2,1H3/b8-5-. The van der Waals surface area contributed by atoms with Crippen molar-refractivity contribution in [2.45, 2.75) is 13.3 Å². The first kappa shape index (κ1) is 6.08. The molecule has 0 spiro atoms. The normalized spacial score (nSPS) is 18.3. The van der Waals surface area contributed by atoms with Crippen LogP contribution in [0.1, 0.15) is 13.3 Å². The second kappa shape index (κ2) is 2.49. The quantitative estimate of drug-likeness (QED) is 0.321. The number of rotatable bonds is 1. The molecular weight excluding hydrogens is 114 g/mol.